The number of benzene rings is 2. The van der Waals surface area contributed by atoms with Gasteiger partial charge >= 0.3 is 0 Å². The molecule has 0 fully saturated rings. The molecule has 1 atom stereocenters. The van der Waals surface area contributed by atoms with Crippen molar-refractivity contribution >= 4 is 11.8 Å². The van der Waals surface area contributed by atoms with Gasteiger partial charge in [0, 0.05) is 0 Å². The number of hydrazine groups is 1. The average molecular weight is 386 g/mol. The molecule has 2 amide bonds. The highest BCUT2D eigenvalue weighted by atomic mass is 16.5. The molecule has 7 heteroatoms. The summed E-state index contributed by atoms with van der Waals surface area (Å²) < 4.78 is 16.3. The highest BCUT2D eigenvalue weighted by Gasteiger charge is 2.16. The zero-order valence-electron chi connectivity index (χ0n) is 16.8. The van der Waals surface area contributed by atoms with Crippen molar-refractivity contribution in [3.8, 4) is 17.2 Å². The summed E-state index contributed by atoms with van der Waals surface area (Å²) in [5, 5.41) is 0. The van der Waals surface area contributed by atoms with Crippen LogP contribution in [0.15, 0.2) is 36.4 Å². The smallest absolute Gasteiger partial charge is 0.279 e. The van der Waals surface area contributed by atoms with Crippen molar-refractivity contribution in [3.63, 3.8) is 0 Å². The molecule has 0 saturated heterocycles. The molecule has 1 unspecified atom stereocenters. The summed E-state index contributed by atoms with van der Waals surface area (Å²) in [6, 6.07) is 11.0. The molecule has 0 heterocycles. The summed E-state index contributed by atoms with van der Waals surface area (Å²) in [5.41, 5.74) is 7.86. The first kappa shape index (κ1) is 21.1. The van der Waals surface area contributed by atoms with Crippen molar-refractivity contribution in [1.82, 2.24) is 10.9 Å². The Morgan fingerprint density at radius 2 is 1.71 bits per heavy atom. The fourth-order valence-corrected chi connectivity index (χ4v) is 2.35. The summed E-state index contributed by atoms with van der Waals surface area (Å²) in [5.74, 6) is 0.592. The van der Waals surface area contributed by atoms with Crippen molar-refractivity contribution in [2.24, 2.45) is 0 Å². The standard InChI is InChI=1S/C21H26N2O5/c1-13-6-9-18(19(10-13)26-5)27-12-20(24)22-23-21(25)16(4)28-17-8-7-14(2)15(3)11-17/h6-11,16H,12H2,1-5H3,(H,22,24)(H,23,25). The molecule has 28 heavy (non-hydrogen) atoms. The normalized spacial score (nSPS) is 11.3. The number of carbonyl (C=O) groups is 2. The first-order chi connectivity index (χ1) is 13.3. The van der Waals surface area contributed by atoms with E-state index in [1.807, 2.05) is 39.0 Å². The lowest BCUT2D eigenvalue weighted by atomic mass is 10.1. The van der Waals surface area contributed by atoms with Crippen LogP contribution in [0, 0.1) is 20.8 Å². The molecule has 150 valence electrons. The van der Waals surface area contributed by atoms with Crippen LogP contribution < -0.4 is 25.1 Å². The number of hydrogen-bond acceptors (Lipinski definition) is 5. The van der Waals surface area contributed by atoms with Crippen molar-refractivity contribution in [2.75, 3.05) is 13.7 Å². The van der Waals surface area contributed by atoms with Crippen LogP contribution in [0.5, 0.6) is 17.2 Å². The Morgan fingerprint density at radius 1 is 0.964 bits per heavy atom. The van der Waals surface area contributed by atoms with E-state index in [-0.39, 0.29) is 6.61 Å². The van der Waals surface area contributed by atoms with E-state index in [1.165, 1.54) is 7.11 Å². The molecular weight excluding hydrogens is 360 g/mol. The molecule has 2 N–H and O–H groups in total. The number of aryl methyl sites for hydroxylation is 3. The average Bonchev–Trinajstić information content (AvgIpc) is 2.67. The Kier molecular flexibility index (Phi) is 7.26. The monoisotopic (exact) mass is 386 g/mol. The van der Waals surface area contributed by atoms with Gasteiger partial charge in [0.1, 0.15) is 5.75 Å². The van der Waals surface area contributed by atoms with E-state index in [9.17, 15) is 9.59 Å². The van der Waals surface area contributed by atoms with Crippen LogP contribution in [-0.2, 0) is 9.59 Å². The van der Waals surface area contributed by atoms with Crippen LogP contribution in [0.3, 0.4) is 0 Å². The van der Waals surface area contributed by atoms with Gasteiger partial charge in [-0.3, -0.25) is 20.4 Å². The van der Waals surface area contributed by atoms with Gasteiger partial charge in [-0.25, -0.2) is 0 Å². The molecule has 0 spiro atoms. The van der Waals surface area contributed by atoms with E-state index >= 15 is 0 Å². The molecule has 7 nitrogen and oxygen atoms in total. The molecule has 2 aromatic carbocycles. The van der Waals surface area contributed by atoms with Gasteiger partial charge in [-0.1, -0.05) is 12.1 Å². The maximum Gasteiger partial charge on any atom is 0.279 e. The predicted octanol–water partition coefficient (Wildman–Crippen LogP) is 2.61. The van der Waals surface area contributed by atoms with Crippen LogP contribution in [-0.4, -0.2) is 31.6 Å². The summed E-state index contributed by atoms with van der Waals surface area (Å²) in [6.45, 7) is 7.22. The highest BCUT2D eigenvalue weighted by Crippen LogP contribution is 2.27. The zero-order valence-corrected chi connectivity index (χ0v) is 16.8. The second kappa shape index (κ2) is 9.64. The van der Waals surface area contributed by atoms with Gasteiger partial charge in [0.05, 0.1) is 7.11 Å². The maximum atomic E-state index is 12.1. The topological polar surface area (TPSA) is 85.9 Å². The Bertz CT molecular complexity index is 851. The van der Waals surface area contributed by atoms with Crippen molar-refractivity contribution in [1.29, 1.82) is 0 Å². The van der Waals surface area contributed by atoms with Crippen molar-refractivity contribution < 1.29 is 23.8 Å². The summed E-state index contributed by atoms with van der Waals surface area (Å²) in [7, 11) is 1.53. The third-order valence-corrected chi connectivity index (χ3v) is 4.16. The van der Waals surface area contributed by atoms with Crippen LogP contribution in [0.2, 0.25) is 0 Å². The van der Waals surface area contributed by atoms with E-state index in [0.29, 0.717) is 17.2 Å². The minimum absolute atomic E-state index is 0.272. The second-order valence-corrected chi connectivity index (χ2v) is 6.49. The van der Waals surface area contributed by atoms with E-state index in [0.717, 1.165) is 16.7 Å². The van der Waals surface area contributed by atoms with Gasteiger partial charge in [0.25, 0.3) is 11.8 Å². The maximum absolute atomic E-state index is 12.1. The van der Waals surface area contributed by atoms with E-state index in [4.69, 9.17) is 14.2 Å². The largest absolute Gasteiger partial charge is 0.493 e. The quantitative estimate of drug-likeness (QED) is 0.715. The number of hydrogen-bond donors (Lipinski definition) is 2. The Balaban J connectivity index is 1.80. The molecule has 0 aliphatic carbocycles. The van der Waals surface area contributed by atoms with Gasteiger partial charge in [0.15, 0.2) is 24.2 Å². The minimum atomic E-state index is -0.777. The van der Waals surface area contributed by atoms with E-state index < -0.39 is 17.9 Å². The lowest BCUT2D eigenvalue weighted by Crippen LogP contribution is -2.48. The summed E-state index contributed by atoms with van der Waals surface area (Å²) >= 11 is 0. The van der Waals surface area contributed by atoms with Crippen LogP contribution in [0.25, 0.3) is 0 Å². The van der Waals surface area contributed by atoms with Crippen molar-refractivity contribution in [2.45, 2.75) is 33.8 Å². The van der Waals surface area contributed by atoms with Gasteiger partial charge in [-0.05, 0) is 68.7 Å². The number of carbonyl (C=O) groups excluding carboxylic acids is 2. The van der Waals surface area contributed by atoms with Gasteiger partial charge in [-0.15, -0.1) is 0 Å². The molecule has 0 saturated carbocycles. The third kappa shape index (κ3) is 5.90. The van der Waals surface area contributed by atoms with E-state index in [1.54, 1.807) is 25.1 Å². The second-order valence-electron chi connectivity index (χ2n) is 6.49. The Morgan fingerprint density at radius 3 is 2.39 bits per heavy atom. The molecule has 0 radical (unpaired) electrons. The van der Waals surface area contributed by atoms with Gasteiger partial charge < -0.3 is 14.2 Å². The minimum Gasteiger partial charge on any atom is -0.493 e. The number of nitrogens with one attached hydrogen (secondary N) is 2. The Hall–Kier alpha value is -3.22. The third-order valence-electron chi connectivity index (χ3n) is 4.16. The summed E-state index contributed by atoms with van der Waals surface area (Å²) in [6.07, 6.45) is -0.777. The molecular formula is C21H26N2O5. The number of amides is 2. The fourth-order valence-electron chi connectivity index (χ4n) is 2.35. The predicted molar refractivity (Wildman–Crippen MR) is 106 cm³/mol. The fraction of sp³-hybridized carbons (Fsp3) is 0.333. The lowest BCUT2D eigenvalue weighted by Gasteiger charge is -2.16. The zero-order chi connectivity index (χ0) is 20.7. The number of rotatable bonds is 7. The van der Waals surface area contributed by atoms with Gasteiger partial charge in [-0.2, -0.15) is 0 Å². The molecule has 0 aromatic heterocycles. The first-order valence-electron chi connectivity index (χ1n) is 8.90. The SMILES string of the molecule is COc1cc(C)ccc1OCC(=O)NNC(=O)C(C)Oc1ccc(C)c(C)c1. The molecule has 2 rings (SSSR count). The summed E-state index contributed by atoms with van der Waals surface area (Å²) in [4.78, 5) is 24.0. The highest BCUT2D eigenvalue weighted by molar-refractivity contribution is 5.85. The van der Waals surface area contributed by atoms with Crippen LogP contribution in [0.1, 0.15) is 23.6 Å². The number of methoxy groups -OCH3 is 1. The lowest BCUT2D eigenvalue weighted by molar-refractivity contribution is -0.133. The van der Waals surface area contributed by atoms with E-state index in [2.05, 4.69) is 10.9 Å². The first-order valence-corrected chi connectivity index (χ1v) is 8.90. The van der Waals surface area contributed by atoms with Crippen molar-refractivity contribution in [3.05, 3.63) is 53.1 Å². The molecule has 2 aromatic rings. The van der Waals surface area contributed by atoms with Crippen LogP contribution >= 0.6 is 0 Å². The molecule has 0 aliphatic heterocycles. The van der Waals surface area contributed by atoms with Crippen LogP contribution in [0.4, 0.5) is 0 Å². The number of ether oxygens (including phenoxy) is 3. The molecule has 0 aliphatic rings. The van der Waals surface area contributed by atoms with Gasteiger partial charge in [0.2, 0.25) is 0 Å². The molecule has 0 bridgehead atoms. The Labute approximate surface area is 165 Å².